The lowest BCUT2D eigenvalue weighted by molar-refractivity contribution is -0.0107. The molecule has 2 aromatic carbocycles. The molecule has 0 saturated carbocycles. The lowest BCUT2D eigenvalue weighted by atomic mass is 10.00. The van der Waals surface area contributed by atoms with Crippen LogP contribution in [0.15, 0.2) is 82.5 Å². The zero-order valence-corrected chi connectivity index (χ0v) is 37.3. The van der Waals surface area contributed by atoms with E-state index in [-0.39, 0.29) is 18.8 Å². The summed E-state index contributed by atoms with van der Waals surface area (Å²) in [4.78, 5) is 35.0. The number of likely N-dealkylation sites (N-methyl/N-ethyl adjacent to an activating group) is 1. The monoisotopic (exact) mass is 898 g/mol. The lowest BCUT2D eigenvalue weighted by Crippen LogP contribution is -2.52. The Labute approximate surface area is 383 Å². The molecule has 2 fully saturated rings. The number of aliphatic hydroxyl groups is 2. The Bertz CT molecular complexity index is 2500. The summed E-state index contributed by atoms with van der Waals surface area (Å²) in [5, 5.41) is 33.4. The van der Waals surface area contributed by atoms with Crippen LogP contribution in [0.2, 0.25) is 0 Å². The number of aromatic nitrogens is 6. The minimum atomic E-state index is -0.831. The standard InChI is InChI=1S/C48H58N12O6/c1-2-59(24-36-6-4-20-64-36)46-38-26-60(18-16-40(38)55-48(57-46)53-34-13-9-32(10-14-34)44-23-50-30-66-44)41(28-61)42(62)27-58-17-15-39-37(25-58)45(51-21-35-5-3-19-63-35)56-47(54-39)52-33-11-7-31(8-12-33)43-22-49-29-65-43/h7-14,22-23,29-30,35-36,41-42,61-62H,2-6,15-21,24-28H2,1H3,(H,53,55,57)(H2,51,52,54,56)/t35?,36?,41?,42-/m1/s1. The topological polar surface area (TPSA) is 208 Å². The van der Waals surface area contributed by atoms with Crippen LogP contribution in [0.25, 0.3) is 22.6 Å². The molecule has 10 rings (SSSR count). The van der Waals surface area contributed by atoms with Gasteiger partial charge in [-0.15, -0.1) is 0 Å². The Kier molecular flexibility index (Phi) is 13.4. The third-order valence-electron chi connectivity index (χ3n) is 13.1. The number of hydrogen-bond acceptors (Lipinski definition) is 18. The van der Waals surface area contributed by atoms with Crippen molar-refractivity contribution in [1.82, 2.24) is 39.7 Å². The second-order valence-corrected chi connectivity index (χ2v) is 17.5. The molecule has 4 aliphatic rings. The van der Waals surface area contributed by atoms with Crippen LogP contribution in [0.3, 0.4) is 0 Å². The van der Waals surface area contributed by atoms with Crippen molar-refractivity contribution in [2.45, 2.75) is 82.9 Å². The van der Waals surface area contributed by atoms with E-state index in [0.717, 1.165) is 109 Å². The van der Waals surface area contributed by atoms with Gasteiger partial charge in [-0.05, 0) is 81.1 Å². The maximum absolute atomic E-state index is 12.0. The van der Waals surface area contributed by atoms with Crippen molar-refractivity contribution >= 4 is 34.9 Å². The summed E-state index contributed by atoms with van der Waals surface area (Å²) in [7, 11) is 0. The molecule has 0 spiro atoms. The second kappa shape index (κ2) is 20.2. The van der Waals surface area contributed by atoms with Crippen LogP contribution in [-0.2, 0) is 35.4 Å². The minimum Gasteiger partial charge on any atom is -0.444 e. The molecule has 18 heteroatoms. The first kappa shape index (κ1) is 43.9. The molecule has 0 radical (unpaired) electrons. The van der Waals surface area contributed by atoms with Crippen LogP contribution in [-0.4, -0.2) is 133 Å². The number of benzene rings is 2. The Balaban J connectivity index is 0.846. The predicted octanol–water partition coefficient (Wildman–Crippen LogP) is 5.80. The molecule has 4 aliphatic heterocycles. The molecule has 4 atom stereocenters. The van der Waals surface area contributed by atoms with Crippen molar-refractivity contribution in [3.05, 3.63) is 96.2 Å². The van der Waals surface area contributed by atoms with Crippen LogP contribution in [0, 0.1) is 0 Å². The summed E-state index contributed by atoms with van der Waals surface area (Å²) in [5.74, 6) is 4.04. The Morgan fingerprint density at radius 1 is 0.758 bits per heavy atom. The van der Waals surface area contributed by atoms with Crippen molar-refractivity contribution < 1.29 is 28.5 Å². The van der Waals surface area contributed by atoms with E-state index in [1.165, 1.54) is 12.8 Å². The van der Waals surface area contributed by atoms with E-state index < -0.39 is 12.1 Å². The molecule has 2 saturated heterocycles. The zero-order valence-electron chi connectivity index (χ0n) is 37.3. The third-order valence-corrected chi connectivity index (χ3v) is 13.1. The molecule has 0 amide bonds. The van der Waals surface area contributed by atoms with Gasteiger partial charge in [-0.3, -0.25) is 9.80 Å². The van der Waals surface area contributed by atoms with Crippen LogP contribution in [0.5, 0.6) is 0 Å². The van der Waals surface area contributed by atoms with Gasteiger partial charge in [0.05, 0.1) is 54.7 Å². The van der Waals surface area contributed by atoms with Gasteiger partial charge in [0.15, 0.2) is 24.3 Å². The SMILES string of the molecule is CCN(CC1CCCO1)c1nc(Nc2ccc(-c3cnco3)cc2)nc2c1CN(C(CO)[C@H](O)CN1CCc3nc(Nc4ccc(-c5cnco5)cc4)nc(NCC4CCCO4)c3C1)CC2. The number of fused-ring (bicyclic) bond motifs is 2. The second-order valence-electron chi connectivity index (χ2n) is 17.5. The minimum absolute atomic E-state index is 0.121. The van der Waals surface area contributed by atoms with Gasteiger partial charge in [0.25, 0.3) is 0 Å². The highest BCUT2D eigenvalue weighted by molar-refractivity contribution is 5.66. The molecule has 0 aliphatic carbocycles. The van der Waals surface area contributed by atoms with E-state index in [9.17, 15) is 10.2 Å². The molecule has 0 bridgehead atoms. The predicted molar refractivity (Wildman–Crippen MR) is 249 cm³/mol. The number of nitrogens with zero attached hydrogens (tertiary/aromatic N) is 9. The first-order valence-electron chi connectivity index (χ1n) is 23.2. The fourth-order valence-corrected chi connectivity index (χ4v) is 9.54. The maximum Gasteiger partial charge on any atom is 0.229 e. The van der Waals surface area contributed by atoms with Gasteiger partial charge in [0.1, 0.15) is 11.6 Å². The fraction of sp³-hybridized carbons (Fsp3) is 0.458. The average Bonchev–Trinajstić information content (AvgIpc) is 4.21. The van der Waals surface area contributed by atoms with Crippen molar-refractivity contribution in [3.63, 3.8) is 0 Å². The molecule has 3 unspecified atom stereocenters. The lowest BCUT2D eigenvalue weighted by Gasteiger charge is -2.40. The van der Waals surface area contributed by atoms with E-state index in [4.69, 9.17) is 38.2 Å². The highest BCUT2D eigenvalue weighted by atomic mass is 16.5. The quantitative estimate of drug-likeness (QED) is 0.0691. The third kappa shape index (κ3) is 10.0. The first-order valence-corrected chi connectivity index (χ1v) is 23.2. The van der Waals surface area contributed by atoms with Gasteiger partial charge >= 0.3 is 0 Å². The number of anilines is 6. The zero-order chi connectivity index (χ0) is 44.8. The number of rotatable bonds is 18. The molecule has 8 heterocycles. The van der Waals surface area contributed by atoms with E-state index in [0.29, 0.717) is 75.5 Å². The van der Waals surface area contributed by atoms with Gasteiger partial charge in [0, 0.05) is 112 Å². The van der Waals surface area contributed by atoms with Crippen LogP contribution < -0.4 is 20.9 Å². The fourth-order valence-electron chi connectivity index (χ4n) is 9.54. The number of nitrogens with one attached hydrogen (secondary N) is 3. The maximum atomic E-state index is 12.0. The van der Waals surface area contributed by atoms with E-state index in [2.05, 4.69) is 47.5 Å². The smallest absolute Gasteiger partial charge is 0.229 e. The van der Waals surface area contributed by atoms with Crippen molar-refractivity contribution in [2.75, 3.05) is 79.9 Å². The van der Waals surface area contributed by atoms with Crippen LogP contribution >= 0.6 is 0 Å². The van der Waals surface area contributed by atoms with Gasteiger partial charge < -0.3 is 49.4 Å². The van der Waals surface area contributed by atoms with Gasteiger partial charge in [0.2, 0.25) is 11.9 Å². The van der Waals surface area contributed by atoms with Crippen molar-refractivity contribution in [2.24, 2.45) is 0 Å². The number of ether oxygens (including phenoxy) is 2. The molecule has 66 heavy (non-hydrogen) atoms. The Hall–Kier alpha value is -6.02. The average molecular weight is 899 g/mol. The molecular formula is C48H58N12O6. The number of β-amino-alcohol motifs (C(OH)–C–C–N with tert-alkyl or cyclic N) is 1. The van der Waals surface area contributed by atoms with Gasteiger partial charge in [-0.1, -0.05) is 0 Å². The van der Waals surface area contributed by atoms with Gasteiger partial charge in [-0.25, -0.2) is 19.9 Å². The first-order chi connectivity index (χ1) is 32.5. The summed E-state index contributed by atoms with van der Waals surface area (Å²) >= 11 is 0. The molecular weight excluding hydrogens is 841 g/mol. The largest absolute Gasteiger partial charge is 0.444 e. The number of aliphatic hydroxyl groups excluding tert-OH is 2. The normalized spacial score (nSPS) is 19.6. The van der Waals surface area contributed by atoms with E-state index in [1.54, 1.807) is 12.4 Å². The number of oxazole rings is 2. The molecule has 6 aromatic rings. The summed E-state index contributed by atoms with van der Waals surface area (Å²) in [5.41, 5.74) is 7.51. The van der Waals surface area contributed by atoms with Crippen molar-refractivity contribution in [1.29, 1.82) is 0 Å². The Morgan fingerprint density at radius 3 is 1.97 bits per heavy atom. The Morgan fingerprint density at radius 2 is 1.38 bits per heavy atom. The summed E-state index contributed by atoms with van der Waals surface area (Å²) in [6.07, 6.45) is 11.1. The highest BCUT2D eigenvalue weighted by Crippen LogP contribution is 2.33. The molecule has 18 nitrogen and oxygen atoms in total. The van der Waals surface area contributed by atoms with Crippen LogP contribution in [0.4, 0.5) is 34.9 Å². The summed E-state index contributed by atoms with van der Waals surface area (Å²) < 4.78 is 23.0. The number of hydrogen-bond donors (Lipinski definition) is 5. The molecule has 346 valence electrons. The van der Waals surface area contributed by atoms with Crippen LogP contribution in [0.1, 0.15) is 55.1 Å². The van der Waals surface area contributed by atoms with Gasteiger partial charge in [-0.2, -0.15) is 9.97 Å². The van der Waals surface area contributed by atoms with E-state index >= 15 is 0 Å². The molecule has 5 N–H and O–H groups in total. The molecule has 4 aromatic heterocycles. The van der Waals surface area contributed by atoms with E-state index in [1.807, 2.05) is 48.5 Å². The summed E-state index contributed by atoms with van der Waals surface area (Å²) in [6.45, 7) is 8.33. The summed E-state index contributed by atoms with van der Waals surface area (Å²) in [6, 6.07) is 15.3. The van der Waals surface area contributed by atoms with Crippen molar-refractivity contribution in [3.8, 4) is 22.6 Å². The highest BCUT2D eigenvalue weighted by Gasteiger charge is 2.35.